The monoisotopic (exact) mass is 251 g/mol. The van der Waals surface area contributed by atoms with Crippen LogP contribution in [0.1, 0.15) is 27.7 Å². The van der Waals surface area contributed by atoms with E-state index in [9.17, 15) is 0 Å². The van der Waals surface area contributed by atoms with E-state index in [0.29, 0.717) is 12.5 Å². The van der Waals surface area contributed by atoms with E-state index in [0.717, 1.165) is 18.2 Å². The van der Waals surface area contributed by atoms with Crippen molar-refractivity contribution in [3.8, 4) is 0 Å². The fourth-order valence-electron chi connectivity index (χ4n) is 1.66. The highest BCUT2D eigenvalue weighted by Gasteiger charge is 2.16. The summed E-state index contributed by atoms with van der Waals surface area (Å²) < 4.78 is 0. The van der Waals surface area contributed by atoms with Gasteiger partial charge in [-0.1, -0.05) is 13.8 Å². The molecule has 0 amide bonds. The molecule has 5 nitrogen and oxygen atoms in total. The molecule has 102 valence electrons. The summed E-state index contributed by atoms with van der Waals surface area (Å²) in [4.78, 5) is 10.7. The highest BCUT2D eigenvalue weighted by molar-refractivity contribution is 5.49. The van der Waals surface area contributed by atoms with Crippen molar-refractivity contribution < 1.29 is 0 Å². The van der Waals surface area contributed by atoms with Crippen LogP contribution in [0, 0.1) is 5.92 Å². The molecule has 0 aliphatic heterocycles. The maximum Gasteiger partial charge on any atom is 0.133 e. The summed E-state index contributed by atoms with van der Waals surface area (Å²) in [5.74, 6) is 2.34. The van der Waals surface area contributed by atoms with Crippen molar-refractivity contribution in [2.45, 2.75) is 33.2 Å². The van der Waals surface area contributed by atoms with E-state index in [-0.39, 0.29) is 5.54 Å². The Bertz CT molecular complexity index is 375. The fraction of sp³-hybridized carbons (Fsp3) is 0.692. The molecule has 0 saturated heterocycles. The van der Waals surface area contributed by atoms with Crippen molar-refractivity contribution >= 4 is 11.6 Å². The van der Waals surface area contributed by atoms with Gasteiger partial charge in [-0.3, -0.25) is 0 Å². The first kappa shape index (κ1) is 14.7. The summed E-state index contributed by atoms with van der Waals surface area (Å²) in [7, 11) is 2.04. The van der Waals surface area contributed by atoms with Gasteiger partial charge in [-0.05, 0) is 19.8 Å². The van der Waals surface area contributed by atoms with Crippen molar-refractivity contribution in [2.24, 2.45) is 11.7 Å². The number of nitrogens with zero attached hydrogens (tertiary/aromatic N) is 3. The summed E-state index contributed by atoms with van der Waals surface area (Å²) in [6.07, 6.45) is 1.58. The first-order valence-corrected chi connectivity index (χ1v) is 6.35. The van der Waals surface area contributed by atoms with Gasteiger partial charge in [-0.15, -0.1) is 0 Å². The average Bonchev–Trinajstić information content (AvgIpc) is 2.28. The molecule has 1 aromatic heterocycles. The van der Waals surface area contributed by atoms with Crippen LogP contribution in [0.3, 0.4) is 0 Å². The zero-order chi connectivity index (χ0) is 13.8. The molecule has 5 heteroatoms. The minimum Gasteiger partial charge on any atom is -0.364 e. The van der Waals surface area contributed by atoms with Crippen LogP contribution in [-0.2, 0) is 0 Å². The topological polar surface area (TPSA) is 67.1 Å². The van der Waals surface area contributed by atoms with Crippen molar-refractivity contribution in [1.82, 2.24) is 9.97 Å². The molecule has 1 heterocycles. The molecule has 18 heavy (non-hydrogen) atoms. The van der Waals surface area contributed by atoms with Crippen molar-refractivity contribution in [3.63, 3.8) is 0 Å². The highest BCUT2D eigenvalue weighted by atomic mass is 15.2. The lowest BCUT2D eigenvalue weighted by Crippen LogP contribution is -2.39. The van der Waals surface area contributed by atoms with E-state index in [1.54, 1.807) is 6.33 Å². The predicted octanol–water partition coefficient (Wildman–Crippen LogP) is 1.72. The van der Waals surface area contributed by atoms with E-state index >= 15 is 0 Å². The van der Waals surface area contributed by atoms with Crippen molar-refractivity contribution in [1.29, 1.82) is 0 Å². The molecule has 0 aromatic carbocycles. The summed E-state index contributed by atoms with van der Waals surface area (Å²) in [6, 6.07) is 1.96. The molecule has 0 aliphatic rings. The molecule has 0 spiro atoms. The largest absolute Gasteiger partial charge is 0.364 e. The van der Waals surface area contributed by atoms with Gasteiger partial charge in [0.1, 0.15) is 18.0 Å². The lowest BCUT2D eigenvalue weighted by Gasteiger charge is -2.26. The maximum atomic E-state index is 5.70. The maximum absolute atomic E-state index is 5.70. The molecule has 1 aromatic rings. The van der Waals surface area contributed by atoms with Crippen molar-refractivity contribution in [2.75, 3.05) is 30.4 Å². The van der Waals surface area contributed by atoms with Crippen LogP contribution in [0.2, 0.25) is 0 Å². The third-order valence-corrected chi connectivity index (χ3v) is 2.66. The number of hydrogen-bond donors (Lipinski definition) is 2. The number of rotatable bonds is 6. The van der Waals surface area contributed by atoms with Gasteiger partial charge in [0.05, 0.1) is 0 Å². The van der Waals surface area contributed by atoms with E-state index in [1.165, 1.54) is 0 Å². The lowest BCUT2D eigenvalue weighted by atomic mass is 10.1. The molecule has 0 atom stereocenters. The predicted molar refractivity (Wildman–Crippen MR) is 76.9 cm³/mol. The number of hydrogen-bond acceptors (Lipinski definition) is 5. The molecule has 0 aliphatic carbocycles. The minimum atomic E-state index is -0.164. The summed E-state index contributed by atoms with van der Waals surface area (Å²) >= 11 is 0. The van der Waals surface area contributed by atoms with E-state index in [4.69, 9.17) is 5.73 Å². The number of nitrogens with two attached hydrogens (primary N) is 1. The number of nitrogens with one attached hydrogen (secondary N) is 1. The molecule has 0 saturated carbocycles. The number of aromatic nitrogens is 2. The molecule has 3 N–H and O–H groups in total. The van der Waals surface area contributed by atoms with Gasteiger partial charge in [0.15, 0.2) is 0 Å². The quantitative estimate of drug-likeness (QED) is 0.806. The third kappa shape index (κ3) is 4.49. The Hall–Kier alpha value is -1.36. The van der Waals surface area contributed by atoms with E-state index in [1.807, 2.05) is 27.0 Å². The molecule has 0 fully saturated rings. The van der Waals surface area contributed by atoms with Gasteiger partial charge in [-0.2, -0.15) is 0 Å². The first-order valence-electron chi connectivity index (χ1n) is 6.35. The molecule has 0 bridgehead atoms. The second-order valence-electron chi connectivity index (χ2n) is 5.75. The summed E-state index contributed by atoms with van der Waals surface area (Å²) in [6.45, 7) is 9.99. The third-order valence-electron chi connectivity index (χ3n) is 2.66. The van der Waals surface area contributed by atoms with E-state index in [2.05, 4.69) is 34.0 Å². The molecule has 1 rings (SSSR count). The Morgan fingerprint density at radius 1 is 1.39 bits per heavy atom. The van der Waals surface area contributed by atoms with Crippen LogP contribution in [0.25, 0.3) is 0 Å². The van der Waals surface area contributed by atoms with Gasteiger partial charge in [-0.25, -0.2) is 9.97 Å². The van der Waals surface area contributed by atoms with Gasteiger partial charge in [0.25, 0.3) is 0 Å². The van der Waals surface area contributed by atoms with Gasteiger partial charge in [0, 0.05) is 31.7 Å². The second kappa shape index (κ2) is 6.00. The smallest absolute Gasteiger partial charge is 0.133 e. The van der Waals surface area contributed by atoms with Crippen LogP contribution >= 0.6 is 0 Å². The minimum absolute atomic E-state index is 0.164. The Balaban J connectivity index is 2.79. The zero-order valence-corrected chi connectivity index (χ0v) is 12.1. The fourth-order valence-corrected chi connectivity index (χ4v) is 1.66. The Morgan fingerprint density at radius 2 is 2.06 bits per heavy atom. The Morgan fingerprint density at radius 3 is 2.61 bits per heavy atom. The molecule has 0 unspecified atom stereocenters. The lowest BCUT2D eigenvalue weighted by molar-refractivity contribution is 0.577. The van der Waals surface area contributed by atoms with Crippen LogP contribution in [-0.4, -0.2) is 35.6 Å². The number of anilines is 2. The standard InChI is InChI=1S/C13H25N5/c1-10(2)7-18(5)12-6-11(15-9-16-12)17-13(3,4)8-14/h6,9-10H,7-8,14H2,1-5H3,(H,15,16,17). The van der Waals surface area contributed by atoms with Crippen molar-refractivity contribution in [3.05, 3.63) is 12.4 Å². The Labute approximate surface area is 110 Å². The summed E-state index contributed by atoms with van der Waals surface area (Å²) in [5.41, 5.74) is 5.54. The Kier molecular flexibility index (Phi) is 4.90. The van der Waals surface area contributed by atoms with Crippen LogP contribution in [0.4, 0.5) is 11.6 Å². The normalized spacial score (nSPS) is 11.7. The molecular formula is C13H25N5. The molecular weight excluding hydrogens is 226 g/mol. The summed E-state index contributed by atoms with van der Waals surface area (Å²) in [5, 5.41) is 3.31. The van der Waals surface area contributed by atoms with Crippen LogP contribution in [0.5, 0.6) is 0 Å². The van der Waals surface area contributed by atoms with Crippen LogP contribution in [0.15, 0.2) is 12.4 Å². The SMILES string of the molecule is CC(C)CN(C)c1cc(NC(C)(C)CN)ncn1. The average molecular weight is 251 g/mol. The zero-order valence-electron chi connectivity index (χ0n) is 12.1. The van der Waals surface area contributed by atoms with Gasteiger partial charge < -0.3 is 16.0 Å². The second-order valence-corrected chi connectivity index (χ2v) is 5.75. The van der Waals surface area contributed by atoms with Gasteiger partial charge >= 0.3 is 0 Å². The van der Waals surface area contributed by atoms with Gasteiger partial charge in [0.2, 0.25) is 0 Å². The first-order chi connectivity index (χ1) is 8.34. The van der Waals surface area contributed by atoms with E-state index < -0.39 is 0 Å². The highest BCUT2D eigenvalue weighted by Crippen LogP contribution is 2.17. The van der Waals surface area contributed by atoms with Crippen LogP contribution < -0.4 is 16.0 Å². The molecule has 0 radical (unpaired) electrons.